The van der Waals surface area contributed by atoms with Crippen LogP contribution in [0.15, 0.2) is 64.2 Å². The van der Waals surface area contributed by atoms with E-state index in [1.165, 1.54) is 6.21 Å². The Balaban J connectivity index is 1.54. The van der Waals surface area contributed by atoms with Crippen LogP contribution < -0.4 is 19.6 Å². The number of fused-ring (bicyclic) bond motifs is 1. The van der Waals surface area contributed by atoms with Crippen LogP contribution in [0.5, 0.6) is 17.2 Å². The van der Waals surface area contributed by atoms with Crippen molar-refractivity contribution in [1.29, 1.82) is 0 Å². The zero-order valence-electron chi connectivity index (χ0n) is 15.4. The molecule has 3 aromatic rings. The van der Waals surface area contributed by atoms with Crippen LogP contribution in [0.4, 0.5) is 0 Å². The number of hydrazone groups is 1. The number of methoxy groups -OCH3 is 2. The van der Waals surface area contributed by atoms with Gasteiger partial charge in [-0.25, -0.2) is 5.43 Å². The Morgan fingerprint density at radius 2 is 1.75 bits per heavy atom. The Morgan fingerprint density at radius 3 is 2.54 bits per heavy atom. The Kier molecular flexibility index (Phi) is 6.49. The van der Waals surface area contributed by atoms with Gasteiger partial charge in [-0.1, -0.05) is 28.1 Å². The summed E-state index contributed by atoms with van der Waals surface area (Å²) in [6, 6.07) is 17.0. The number of carbonyl (C=O) groups is 1. The van der Waals surface area contributed by atoms with Crippen LogP contribution >= 0.6 is 15.9 Å². The third kappa shape index (κ3) is 5.01. The van der Waals surface area contributed by atoms with Gasteiger partial charge in [-0.05, 0) is 58.8 Å². The summed E-state index contributed by atoms with van der Waals surface area (Å²) in [5.74, 6) is 1.48. The molecule has 144 valence electrons. The number of ether oxygens (including phenoxy) is 3. The van der Waals surface area contributed by atoms with Crippen LogP contribution in [-0.2, 0) is 4.79 Å². The molecule has 0 aliphatic heterocycles. The molecule has 7 heteroatoms. The van der Waals surface area contributed by atoms with Gasteiger partial charge in [-0.2, -0.15) is 5.10 Å². The molecular weight excluding hydrogens is 424 g/mol. The maximum Gasteiger partial charge on any atom is 0.277 e. The first-order valence-electron chi connectivity index (χ1n) is 8.45. The highest BCUT2D eigenvalue weighted by Gasteiger charge is 2.05. The molecule has 3 aromatic carbocycles. The number of benzene rings is 3. The van der Waals surface area contributed by atoms with Crippen LogP contribution in [0.25, 0.3) is 10.8 Å². The number of hydrogen-bond donors (Lipinski definition) is 1. The molecule has 0 aliphatic carbocycles. The number of rotatable bonds is 7. The molecule has 0 aliphatic rings. The number of carbonyl (C=O) groups excluding carboxylic acids is 1. The van der Waals surface area contributed by atoms with E-state index < -0.39 is 0 Å². The molecule has 0 unspecified atom stereocenters. The smallest absolute Gasteiger partial charge is 0.277 e. The van der Waals surface area contributed by atoms with Crippen LogP contribution in [0.3, 0.4) is 0 Å². The molecule has 1 N–H and O–H groups in total. The van der Waals surface area contributed by atoms with E-state index in [4.69, 9.17) is 14.2 Å². The molecule has 0 atom stereocenters. The highest BCUT2D eigenvalue weighted by molar-refractivity contribution is 9.10. The van der Waals surface area contributed by atoms with Crippen molar-refractivity contribution in [2.24, 2.45) is 5.10 Å². The molecule has 0 saturated carbocycles. The van der Waals surface area contributed by atoms with Gasteiger partial charge < -0.3 is 14.2 Å². The van der Waals surface area contributed by atoms with Gasteiger partial charge in [0.15, 0.2) is 18.1 Å². The first-order chi connectivity index (χ1) is 13.6. The average Bonchev–Trinajstić information content (AvgIpc) is 2.72. The van der Waals surface area contributed by atoms with E-state index in [0.717, 1.165) is 20.8 Å². The van der Waals surface area contributed by atoms with E-state index in [1.807, 2.05) is 36.4 Å². The quantitative estimate of drug-likeness (QED) is 0.440. The molecule has 28 heavy (non-hydrogen) atoms. The molecule has 0 fully saturated rings. The Hall–Kier alpha value is -3.06. The minimum Gasteiger partial charge on any atom is -0.493 e. The van der Waals surface area contributed by atoms with Crippen molar-refractivity contribution in [2.75, 3.05) is 20.8 Å². The molecule has 1 amide bonds. The number of nitrogens with zero attached hydrogens (tertiary/aromatic N) is 1. The van der Waals surface area contributed by atoms with Crippen LogP contribution in [0, 0.1) is 0 Å². The second-order valence-corrected chi connectivity index (χ2v) is 6.77. The number of halogens is 1. The summed E-state index contributed by atoms with van der Waals surface area (Å²) in [4.78, 5) is 11.9. The summed E-state index contributed by atoms with van der Waals surface area (Å²) >= 11 is 3.45. The Bertz CT molecular complexity index is 1020. The van der Waals surface area contributed by atoms with E-state index in [1.54, 1.807) is 32.4 Å². The van der Waals surface area contributed by atoms with Crippen molar-refractivity contribution in [3.63, 3.8) is 0 Å². The highest BCUT2D eigenvalue weighted by atomic mass is 79.9. The monoisotopic (exact) mass is 442 g/mol. The summed E-state index contributed by atoms with van der Waals surface area (Å²) in [6.07, 6.45) is 1.52. The standard InChI is InChI=1S/C21H19BrN2O4/c1-26-19-8-3-14(9-20(19)27-2)12-23-24-21(25)13-28-18-7-5-15-10-17(22)6-4-16(15)11-18/h3-12H,13H2,1-2H3,(H,24,25)/b23-12+. The first kappa shape index (κ1) is 19.7. The summed E-state index contributed by atoms with van der Waals surface area (Å²) in [7, 11) is 3.13. The van der Waals surface area contributed by atoms with Gasteiger partial charge in [-0.3, -0.25) is 4.79 Å². The zero-order chi connectivity index (χ0) is 19.9. The SMILES string of the molecule is COc1ccc(/C=N/NC(=O)COc2ccc3cc(Br)ccc3c2)cc1OC. The second-order valence-electron chi connectivity index (χ2n) is 5.85. The molecule has 0 heterocycles. The van der Waals surface area contributed by atoms with E-state index in [-0.39, 0.29) is 12.5 Å². The lowest BCUT2D eigenvalue weighted by Crippen LogP contribution is -2.24. The maximum absolute atomic E-state index is 11.9. The number of nitrogens with one attached hydrogen (secondary N) is 1. The van der Waals surface area contributed by atoms with Crippen molar-refractivity contribution >= 4 is 38.8 Å². The molecule has 3 rings (SSSR count). The lowest BCUT2D eigenvalue weighted by molar-refractivity contribution is -0.123. The van der Waals surface area contributed by atoms with E-state index >= 15 is 0 Å². The highest BCUT2D eigenvalue weighted by Crippen LogP contribution is 2.27. The number of amides is 1. The van der Waals surface area contributed by atoms with Crippen molar-refractivity contribution in [1.82, 2.24) is 5.43 Å². The summed E-state index contributed by atoms with van der Waals surface area (Å²) < 4.78 is 17.0. The van der Waals surface area contributed by atoms with Gasteiger partial charge in [-0.15, -0.1) is 0 Å². The van der Waals surface area contributed by atoms with Crippen LogP contribution in [0.2, 0.25) is 0 Å². The lowest BCUT2D eigenvalue weighted by atomic mass is 10.1. The fourth-order valence-electron chi connectivity index (χ4n) is 2.58. The van der Waals surface area contributed by atoms with Gasteiger partial charge in [0.1, 0.15) is 5.75 Å². The molecule has 6 nitrogen and oxygen atoms in total. The minimum atomic E-state index is -0.354. The van der Waals surface area contributed by atoms with Crippen LogP contribution in [-0.4, -0.2) is 32.9 Å². The molecule has 0 radical (unpaired) electrons. The van der Waals surface area contributed by atoms with Gasteiger partial charge in [0.05, 0.1) is 20.4 Å². The van der Waals surface area contributed by atoms with Crippen molar-refractivity contribution < 1.29 is 19.0 Å². The number of hydrogen-bond acceptors (Lipinski definition) is 5. The molecule has 0 bridgehead atoms. The zero-order valence-corrected chi connectivity index (χ0v) is 17.0. The van der Waals surface area contributed by atoms with E-state index in [9.17, 15) is 4.79 Å². The normalized spacial score (nSPS) is 10.8. The summed E-state index contributed by atoms with van der Waals surface area (Å²) in [6.45, 7) is -0.134. The average molecular weight is 443 g/mol. The maximum atomic E-state index is 11.9. The predicted octanol–water partition coefficient (Wildman–Crippen LogP) is 4.15. The summed E-state index contributed by atoms with van der Waals surface area (Å²) in [5.41, 5.74) is 3.20. The van der Waals surface area contributed by atoms with Gasteiger partial charge >= 0.3 is 0 Å². The van der Waals surface area contributed by atoms with Crippen molar-refractivity contribution in [3.05, 3.63) is 64.6 Å². The third-order valence-electron chi connectivity index (χ3n) is 3.95. The fourth-order valence-corrected chi connectivity index (χ4v) is 2.96. The Morgan fingerprint density at radius 1 is 1.00 bits per heavy atom. The molecule has 0 saturated heterocycles. The van der Waals surface area contributed by atoms with Gasteiger partial charge in [0, 0.05) is 4.47 Å². The fraction of sp³-hybridized carbons (Fsp3) is 0.143. The van der Waals surface area contributed by atoms with Crippen molar-refractivity contribution in [2.45, 2.75) is 0 Å². The Labute approximate surface area is 171 Å². The van der Waals surface area contributed by atoms with E-state index in [0.29, 0.717) is 17.2 Å². The van der Waals surface area contributed by atoms with Gasteiger partial charge in [0.25, 0.3) is 5.91 Å². The minimum absolute atomic E-state index is 0.134. The lowest BCUT2D eigenvalue weighted by Gasteiger charge is -2.08. The van der Waals surface area contributed by atoms with Crippen molar-refractivity contribution in [3.8, 4) is 17.2 Å². The largest absolute Gasteiger partial charge is 0.493 e. The summed E-state index contributed by atoms with van der Waals surface area (Å²) in [5, 5.41) is 6.06. The first-order valence-corrected chi connectivity index (χ1v) is 9.24. The molecular formula is C21H19BrN2O4. The molecule has 0 aromatic heterocycles. The van der Waals surface area contributed by atoms with E-state index in [2.05, 4.69) is 26.5 Å². The second kappa shape index (κ2) is 9.23. The third-order valence-corrected chi connectivity index (χ3v) is 4.45. The predicted molar refractivity (Wildman–Crippen MR) is 112 cm³/mol. The van der Waals surface area contributed by atoms with Crippen LogP contribution in [0.1, 0.15) is 5.56 Å². The molecule has 0 spiro atoms. The van der Waals surface area contributed by atoms with Gasteiger partial charge in [0.2, 0.25) is 0 Å². The topological polar surface area (TPSA) is 69.2 Å².